The number of carbonyl (C=O) groups excluding carboxylic acids is 1. The first kappa shape index (κ1) is 16.2. The van der Waals surface area contributed by atoms with Gasteiger partial charge in [-0.05, 0) is 13.8 Å². The van der Waals surface area contributed by atoms with Crippen molar-refractivity contribution in [3.63, 3.8) is 0 Å². The molecule has 2 aromatic heterocycles. The summed E-state index contributed by atoms with van der Waals surface area (Å²) in [6, 6.07) is 9.81. The number of imidazole rings is 1. The fourth-order valence-corrected chi connectivity index (χ4v) is 3.19. The first-order valence-corrected chi connectivity index (χ1v) is 8.30. The van der Waals surface area contributed by atoms with E-state index in [2.05, 4.69) is 10.3 Å². The summed E-state index contributed by atoms with van der Waals surface area (Å²) >= 11 is 1.45. The minimum atomic E-state index is -1.30. The minimum absolute atomic E-state index is 0.0985. The zero-order valence-corrected chi connectivity index (χ0v) is 14.1. The monoisotopic (exact) mass is 343 g/mol. The third-order valence-electron chi connectivity index (χ3n) is 3.68. The molecule has 1 amide bonds. The van der Waals surface area contributed by atoms with Gasteiger partial charge in [-0.15, -0.1) is 11.3 Å². The predicted octanol–water partition coefficient (Wildman–Crippen LogP) is 2.58. The van der Waals surface area contributed by atoms with E-state index in [1.165, 1.54) is 25.2 Å². The summed E-state index contributed by atoms with van der Waals surface area (Å²) in [5.41, 5.74) is 1.34. The number of carboxylic acid groups (broad SMARTS) is 1. The van der Waals surface area contributed by atoms with E-state index in [4.69, 9.17) is 5.11 Å². The Morgan fingerprint density at radius 1 is 1.29 bits per heavy atom. The summed E-state index contributed by atoms with van der Waals surface area (Å²) in [6.07, 6.45) is 1.99. The number of carboxylic acids is 1. The fraction of sp³-hybridized carbons (Fsp3) is 0.235. The summed E-state index contributed by atoms with van der Waals surface area (Å²) in [7, 11) is 0. The van der Waals surface area contributed by atoms with Gasteiger partial charge in [0, 0.05) is 22.8 Å². The van der Waals surface area contributed by atoms with E-state index in [0.29, 0.717) is 0 Å². The van der Waals surface area contributed by atoms with Gasteiger partial charge in [-0.1, -0.05) is 30.3 Å². The average Bonchev–Trinajstić information content (AvgIpc) is 3.09. The van der Waals surface area contributed by atoms with Crippen LogP contribution in [0.4, 0.5) is 0 Å². The Bertz CT molecular complexity index is 896. The normalized spacial score (nSPS) is 11.6. The third-order valence-corrected chi connectivity index (χ3v) is 4.57. The molecule has 0 saturated carbocycles. The molecule has 3 rings (SSSR count). The van der Waals surface area contributed by atoms with Crippen LogP contribution < -0.4 is 5.32 Å². The van der Waals surface area contributed by atoms with Crippen molar-refractivity contribution < 1.29 is 14.7 Å². The third kappa shape index (κ3) is 3.16. The number of nitrogens with one attached hydrogen (secondary N) is 1. The van der Waals surface area contributed by atoms with Crippen molar-refractivity contribution in [3.8, 4) is 11.3 Å². The van der Waals surface area contributed by atoms with Gasteiger partial charge in [-0.2, -0.15) is 0 Å². The molecular formula is C17H17N3O3S. The van der Waals surface area contributed by atoms with Gasteiger partial charge in [-0.25, -0.2) is 9.78 Å². The Morgan fingerprint density at radius 2 is 2.00 bits per heavy atom. The zero-order chi connectivity index (χ0) is 17.3. The van der Waals surface area contributed by atoms with Gasteiger partial charge < -0.3 is 10.4 Å². The molecule has 0 saturated heterocycles. The Labute approximate surface area is 142 Å². The van der Waals surface area contributed by atoms with Crippen LogP contribution in [-0.2, 0) is 16.0 Å². The molecule has 0 spiro atoms. The van der Waals surface area contributed by atoms with E-state index in [9.17, 15) is 9.59 Å². The van der Waals surface area contributed by atoms with Crippen molar-refractivity contribution in [2.75, 3.05) is 0 Å². The van der Waals surface area contributed by atoms with E-state index in [1.807, 2.05) is 46.3 Å². The van der Waals surface area contributed by atoms with E-state index in [1.54, 1.807) is 0 Å². The van der Waals surface area contributed by atoms with Gasteiger partial charge in [-0.3, -0.25) is 9.20 Å². The molecule has 0 aliphatic carbocycles. The fourth-order valence-electron chi connectivity index (χ4n) is 2.32. The van der Waals surface area contributed by atoms with Crippen molar-refractivity contribution in [2.45, 2.75) is 25.8 Å². The van der Waals surface area contributed by atoms with Gasteiger partial charge in [0.25, 0.3) is 0 Å². The summed E-state index contributed by atoms with van der Waals surface area (Å²) in [4.78, 5) is 28.6. The Hall–Kier alpha value is -2.67. The van der Waals surface area contributed by atoms with Crippen LogP contribution >= 0.6 is 11.3 Å². The SMILES string of the molecule is CC(C)(NC(=O)Cc1csc2nc(-c3ccccc3)cn12)C(=O)O. The van der Waals surface area contributed by atoms with Gasteiger partial charge in [0.05, 0.1) is 12.1 Å². The number of carbonyl (C=O) groups is 2. The maximum absolute atomic E-state index is 12.1. The first-order chi connectivity index (χ1) is 11.4. The predicted molar refractivity (Wildman–Crippen MR) is 92.1 cm³/mol. The molecule has 7 heteroatoms. The number of rotatable bonds is 5. The maximum atomic E-state index is 12.1. The standard InChI is InChI=1S/C17H17N3O3S/c1-17(2,15(22)23)19-14(21)8-12-10-24-16-18-13(9-20(12)16)11-6-4-3-5-7-11/h3-7,9-10H,8H2,1-2H3,(H,19,21)(H,22,23). The number of amides is 1. The highest BCUT2D eigenvalue weighted by atomic mass is 32.1. The molecule has 0 atom stereocenters. The van der Waals surface area contributed by atoms with Crippen LogP contribution in [0.15, 0.2) is 41.9 Å². The van der Waals surface area contributed by atoms with Crippen LogP contribution in [0.25, 0.3) is 16.2 Å². The van der Waals surface area contributed by atoms with Crippen LogP contribution in [0.1, 0.15) is 19.5 Å². The molecular weight excluding hydrogens is 326 g/mol. The Kier molecular flexibility index (Phi) is 4.11. The summed E-state index contributed by atoms with van der Waals surface area (Å²) in [5.74, 6) is -1.41. The summed E-state index contributed by atoms with van der Waals surface area (Å²) in [5, 5.41) is 13.5. The number of hydrogen-bond acceptors (Lipinski definition) is 4. The Morgan fingerprint density at radius 3 is 2.67 bits per heavy atom. The molecule has 3 aromatic rings. The molecule has 0 aliphatic heterocycles. The molecule has 0 unspecified atom stereocenters. The van der Waals surface area contributed by atoms with Gasteiger partial charge in [0.2, 0.25) is 5.91 Å². The number of fused-ring (bicyclic) bond motifs is 1. The highest BCUT2D eigenvalue weighted by Gasteiger charge is 2.29. The van der Waals surface area contributed by atoms with Crippen LogP contribution in [-0.4, -0.2) is 31.9 Å². The van der Waals surface area contributed by atoms with Crippen molar-refractivity contribution >= 4 is 28.2 Å². The lowest BCUT2D eigenvalue weighted by molar-refractivity contribution is -0.145. The summed E-state index contributed by atoms with van der Waals surface area (Å²) < 4.78 is 1.88. The van der Waals surface area contributed by atoms with Gasteiger partial charge in [0.15, 0.2) is 4.96 Å². The number of aromatic nitrogens is 2. The molecule has 1 aromatic carbocycles. The number of aliphatic carboxylic acids is 1. The quantitative estimate of drug-likeness (QED) is 0.746. The van der Waals surface area contributed by atoms with Crippen LogP contribution in [0.2, 0.25) is 0 Å². The molecule has 2 N–H and O–H groups in total. The van der Waals surface area contributed by atoms with Gasteiger partial charge in [0.1, 0.15) is 5.54 Å². The zero-order valence-electron chi connectivity index (χ0n) is 13.3. The van der Waals surface area contributed by atoms with Crippen molar-refractivity contribution in [1.82, 2.24) is 14.7 Å². The highest BCUT2D eigenvalue weighted by molar-refractivity contribution is 7.15. The molecule has 0 radical (unpaired) electrons. The Balaban J connectivity index is 1.82. The maximum Gasteiger partial charge on any atom is 0.328 e. The van der Waals surface area contributed by atoms with Crippen LogP contribution in [0, 0.1) is 0 Å². The number of thiazole rings is 1. The second kappa shape index (κ2) is 6.09. The molecule has 0 bridgehead atoms. The lowest BCUT2D eigenvalue weighted by Crippen LogP contribution is -2.50. The number of nitrogens with zero attached hydrogens (tertiary/aromatic N) is 2. The molecule has 0 aliphatic rings. The number of benzene rings is 1. The lowest BCUT2D eigenvalue weighted by atomic mass is 10.1. The van der Waals surface area contributed by atoms with Gasteiger partial charge >= 0.3 is 5.97 Å². The van der Waals surface area contributed by atoms with Crippen LogP contribution in [0.5, 0.6) is 0 Å². The van der Waals surface area contributed by atoms with E-state index in [-0.39, 0.29) is 12.3 Å². The molecule has 2 heterocycles. The minimum Gasteiger partial charge on any atom is -0.480 e. The largest absolute Gasteiger partial charge is 0.480 e. The van der Waals surface area contributed by atoms with Crippen molar-refractivity contribution in [3.05, 3.63) is 47.6 Å². The summed E-state index contributed by atoms with van der Waals surface area (Å²) in [6.45, 7) is 2.92. The van der Waals surface area contributed by atoms with Crippen LogP contribution in [0.3, 0.4) is 0 Å². The highest BCUT2D eigenvalue weighted by Crippen LogP contribution is 2.23. The van der Waals surface area contributed by atoms with Crippen molar-refractivity contribution in [1.29, 1.82) is 0 Å². The number of hydrogen-bond donors (Lipinski definition) is 2. The van der Waals surface area contributed by atoms with E-state index < -0.39 is 11.5 Å². The lowest BCUT2D eigenvalue weighted by Gasteiger charge is -2.20. The van der Waals surface area contributed by atoms with Crippen molar-refractivity contribution in [2.24, 2.45) is 0 Å². The van der Waals surface area contributed by atoms with E-state index in [0.717, 1.165) is 21.9 Å². The first-order valence-electron chi connectivity index (χ1n) is 7.42. The molecule has 124 valence electrons. The second-order valence-corrected chi connectivity index (χ2v) is 6.86. The van der Waals surface area contributed by atoms with E-state index >= 15 is 0 Å². The molecule has 0 fully saturated rings. The molecule has 6 nitrogen and oxygen atoms in total. The topological polar surface area (TPSA) is 83.7 Å². The molecule has 24 heavy (non-hydrogen) atoms. The smallest absolute Gasteiger partial charge is 0.328 e. The second-order valence-electron chi connectivity index (χ2n) is 6.03. The average molecular weight is 343 g/mol.